The zero-order valence-electron chi connectivity index (χ0n) is 12.2. The van der Waals surface area contributed by atoms with E-state index >= 15 is 0 Å². The van der Waals surface area contributed by atoms with E-state index in [9.17, 15) is 4.79 Å². The van der Waals surface area contributed by atoms with Crippen LogP contribution in [0.4, 0.5) is 0 Å². The van der Waals surface area contributed by atoms with Crippen LogP contribution in [-0.2, 0) is 4.79 Å². The van der Waals surface area contributed by atoms with Crippen LogP contribution in [0.15, 0.2) is 54.2 Å². The average molecular weight is 280 g/mol. The standard InChI is InChI=1S/C18H20N2O/c1-2-18(21)14-8-9-16(19-12-14)17-11-10-15(20-17)13-6-4-3-5-7-13/h3-7,10-12,16,19-20H,2,8-9H2,1H3. The van der Waals surface area contributed by atoms with Crippen molar-refractivity contribution in [2.75, 3.05) is 0 Å². The van der Waals surface area contributed by atoms with Gasteiger partial charge in [-0.05, 0) is 30.5 Å². The molecule has 3 heteroatoms. The second-order valence-electron chi connectivity index (χ2n) is 5.40. The van der Waals surface area contributed by atoms with Crippen LogP contribution in [0.2, 0.25) is 0 Å². The Hall–Kier alpha value is -2.29. The number of allylic oxidation sites excluding steroid dienone is 1. The molecule has 0 fully saturated rings. The highest BCUT2D eigenvalue weighted by Crippen LogP contribution is 2.27. The summed E-state index contributed by atoms with van der Waals surface area (Å²) < 4.78 is 0. The zero-order valence-corrected chi connectivity index (χ0v) is 12.2. The summed E-state index contributed by atoms with van der Waals surface area (Å²) in [6.45, 7) is 1.91. The van der Waals surface area contributed by atoms with E-state index in [1.807, 2.05) is 31.3 Å². The van der Waals surface area contributed by atoms with Gasteiger partial charge in [-0.15, -0.1) is 0 Å². The summed E-state index contributed by atoms with van der Waals surface area (Å²) in [5.74, 6) is 0.248. The van der Waals surface area contributed by atoms with Gasteiger partial charge < -0.3 is 10.3 Å². The molecule has 0 spiro atoms. The molecule has 0 amide bonds. The lowest BCUT2D eigenvalue weighted by atomic mass is 9.97. The van der Waals surface area contributed by atoms with Crippen LogP contribution >= 0.6 is 0 Å². The van der Waals surface area contributed by atoms with Gasteiger partial charge in [0.1, 0.15) is 0 Å². The topological polar surface area (TPSA) is 44.9 Å². The van der Waals surface area contributed by atoms with Gasteiger partial charge in [-0.1, -0.05) is 37.3 Å². The van der Waals surface area contributed by atoms with Crippen LogP contribution < -0.4 is 5.32 Å². The molecule has 1 aromatic carbocycles. The smallest absolute Gasteiger partial charge is 0.160 e. The molecule has 108 valence electrons. The summed E-state index contributed by atoms with van der Waals surface area (Å²) in [5, 5.41) is 3.35. The summed E-state index contributed by atoms with van der Waals surface area (Å²) in [4.78, 5) is 15.2. The number of Topliss-reactive ketones (excluding diaryl/α,β-unsaturated/α-hetero) is 1. The van der Waals surface area contributed by atoms with Gasteiger partial charge in [-0.2, -0.15) is 0 Å². The van der Waals surface area contributed by atoms with E-state index in [-0.39, 0.29) is 11.8 Å². The van der Waals surface area contributed by atoms with E-state index in [4.69, 9.17) is 0 Å². The summed E-state index contributed by atoms with van der Waals surface area (Å²) in [5.41, 5.74) is 4.42. The van der Waals surface area contributed by atoms with E-state index in [0.717, 1.165) is 24.1 Å². The highest BCUT2D eigenvalue weighted by molar-refractivity contribution is 5.95. The average Bonchev–Trinajstić information content (AvgIpc) is 3.05. The maximum absolute atomic E-state index is 11.7. The summed E-state index contributed by atoms with van der Waals surface area (Å²) in [6.07, 6.45) is 4.28. The number of carbonyl (C=O) groups is 1. The molecule has 2 N–H and O–H groups in total. The fraction of sp³-hybridized carbons (Fsp3) is 0.278. The predicted octanol–water partition coefficient (Wildman–Crippen LogP) is 3.97. The normalized spacial score (nSPS) is 18.0. The van der Waals surface area contributed by atoms with Crippen LogP contribution in [0, 0.1) is 0 Å². The molecule has 2 aromatic rings. The number of rotatable bonds is 4. The molecular formula is C18H20N2O. The number of carbonyl (C=O) groups excluding carboxylic acids is 1. The van der Waals surface area contributed by atoms with Crippen LogP contribution in [0.1, 0.15) is 37.9 Å². The van der Waals surface area contributed by atoms with Crippen molar-refractivity contribution in [2.45, 2.75) is 32.2 Å². The van der Waals surface area contributed by atoms with Crippen molar-refractivity contribution >= 4 is 5.78 Å². The third kappa shape index (κ3) is 2.92. The van der Waals surface area contributed by atoms with Gasteiger partial charge in [0.2, 0.25) is 0 Å². The molecule has 1 atom stereocenters. The first-order valence-electron chi connectivity index (χ1n) is 7.50. The molecule has 0 bridgehead atoms. The molecule has 3 nitrogen and oxygen atoms in total. The van der Waals surface area contributed by atoms with Crippen molar-refractivity contribution in [3.05, 3.63) is 59.9 Å². The number of aromatic amines is 1. The molecule has 3 rings (SSSR count). The van der Waals surface area contributed by atoms with Crippen LogP contribution in [0.3, 0.4) is 0 Å². The number of hydrogen-bond donors (Lipinski definition) is 2. The molecule has 21 heavy (non-hydrogen) atoms. The van der Waals surface area contributed by atoms with Crippen molar-refractivity contribution in [1.82, 2.24) is 10.3 Å². The fourth-order valence-corrected chi connectivity index (χ4v) is 2.75. The molecule has 1 unspecified atom stereocenters. The van der Waals surface area contributed by atoms with Crippen molar-refractivity contribution < 1.29 is 4.79 Å². The van der Waals surface area contributed by atoms with Crippen molar-refractivity contribution in [3.8, 4) is 11.3 Å². The Morgan fingerprint density at radius 2 is 2.00 bits per heavy atom. The highest BCUT2D eigenvalue weighted by Gasteiger charge is 2.19. The second-order valence-corrected chi connectivity index (χ2v) is 5.40. The Kier molecular flexibility index (Phi) is 3.91. The molecular weight excluding hydrogens is 260 g/mol. The number of H-pyrrole nitrogens is 1. The fourth-order valence-electron chi connectivity index (χ4n) is 2.75. The highest BCUT2D eigenvalue weighted by atomic mass is 16.1. The third-order valence-electron chi connectivity index (χ3n) is 4.01. The lowest BCUT2D eigenvalue weighted by molar-refractivity contribution is -0.115. The van der Waals surface area contributed by atoms with Gasteiger partial charge >= 0.3 is 0 Å². The lowest BCUT2D eigenvalue weighted by Crippen LogP contribution is -2.23. The molecule has 0 aliphatic carbocycles. The number of nitrogens with one attached hydrogen (secondary N) is 2. The SMILES string of the molecule is CCC(=O)C1=CNC(c2ccc(-c3ccccc3)[nH]2)CC1. The Bertz CT molecular complexity index is 655. The van der Waals surface area contributed by atoms with Crippen molar-refractivity contribution in [1.29, 1.82) is 0 Å². The van der Waals surface area contributed by atoms with E-state index in [2.05, 4.69) is 34.6 Å². The number of ketones is 1. The van der Waals surface area contributed by atoms with Crippen molar-refractivity contribution in [3.63, 3.8) is 0 Å². The number of benzene rings is 1. The molecule has 1 aromatic heterocycles. The monoisotopic (exact) mass is 280 g/mol. The molecule has 0 saturated carbocycles. The molecule has 1 aliphatic heterocycles. The Morgan fingerprint density at radius 1 is 1.19 bits per heavy atom. The maximum atomic E-state index is 11.7. The van der Waals surface area contributed by atoms with Gasteiger partial charge in [-0.25, -0.2) is 0 Å². The lowest BCUT2D eigenvalue weighted by Gasteiger charge is -2.22. The van der Waals surface area contributed by atoms with Crippen LogP contribution in [0.25, 0.3) is 11.3 Å². The first-order valence-corrected chi connectivity index (χ1v) is 7.50. The Labute approximate surface area is 125 Å². The Balaban J connectivity index is 1.74. The van der Waals surface area contributed by atoms with Gasteiger partial charge in [0.25, 0.3) is 0 Å². The summed E-state index contributed by atoms with van der Waals surface area (Å²) in [7, 11) is 0. The summed E-state index contributed by atoms with van der Waals surface area (Å²) >= 11 is 0. The molecule has 1 aliphatic rings. The van der Waals surface area contributed by atoms with Gasteiger partial charge in [-0.3, -0.25) is 4.79 Å². The number of aromatic nitrogens is 1. The predicted molar refractivity (Wildman–Crippen MR) is 84.7 cm³/mol. The summed E-state index contributed by atoms with van der Waals surface area (Å²) in [6, 6.07) is 14.8. The minimum atomic E-state index is 0.248. The zero-order chi connectivity index (χ0) is 14.7. The van der Waals surface area contributed by atoms with E-state index in [0.29, 0.717) is 6.42 Å². The maximum Gasteiger partial charge on any atom is 0.160 e. The van der Waals surface area contributed by atoms with Crippen LogP contribution in [-0.4, -0.2) is 10.8 Å². The first-order chi connectivity index (χ1) is 10.3. The second kappa shape index (κ2) is 6.00. The minimum Gasteiger partial charge on any atom is -0.382 e. The largest absolute Gasteiger partial charge is 0.382 e. The molecule has 0 radical (unpaired) electrons. The van der Waals surface area contributed by atoms with Gasteiger partial charge in [0.05, 0.1) is 6.04 Å². The first kappa shape index (κ1) is 13.7. The van der Waals surface area contributed by atoms with E-state index < -0.39 is 0 Å². The van der Waals surface area contributed by atoms with E-state index in [1.165, 1.54) is 11.3 Å². The quantitative estimate of drug-likeness (QED) is 0.890. The van der Waals surface area contributed by atoms with Crippen molar-refractivity contribution in [2.24, 2.45) is 0 Å². The van der Waals surface area contributed by atoms with E-state index in [1.54, 1.807) is 0 Å². The number of hydrogen-bond acceptors (Lipinski definition) is 2. The Morgan fingerprint density at radius 3 is 2.67 bits per heavy atom. The minimum absolute atomic E-state index is 0.248. The van der Waals surface area contributed by atoms with Gasteiger partial charge in [0.15, 0.2) is 5.78 Å². The van der Waals surface area contributed by atoms with Crippen LogP contribution in [0.5, 0.6) is 0 Å². The molecule has 2 heterocycles. The molecule has 0 saturated heterocycles. The van der Waals surface area contributed by atoms with Gasteiger partial charge in [0, 0.05) is 29.6 Å². The third-order valence-corrected chi connectivity index (χ3v) is 4.01.